The number of carbonyl (C=O) groups excluding carboxylic acids is 2. The predicted octanol–water partition coefficient (Wildman–Crippen LogP) is 1.50. The highest BCUT2D eigenvalue weighted by Crippen LogP contribution is 2.33. The molecule has 0 unspecified atom stereocenters. The van der Waals surface area contributed by atoms with Gasteiger partial charge >= 0.3 is 0 Å². The number of ether oxygens (including phenoxy) is 1. The van der Waals surface area contributed by atoms with Crippen LogP contribution in [0, 0.1) is 6.92 Å². The van der Waals surface area contributed by atoms with Crippen molar-refractivity contribution in [3.8, 4) is 0 Å². The number of nitrogens with one attached hydrogen (secondary N) is 1. The van der Waals surface area contributed by atoms with Gasteiger partial charge in [0.25, 0.3) is 5.91 Å². The van der Waals surface area contributed by atoms with Crippen molar-refractivity contribution in [1.29, 1.82) is 0 Å². The number of amides is 1. The second-order valence-corrected chi connectivity index (χ2v) is 7.61. The Hall–Kier alpha value is -1.37. The topological polar surface area (TPSA) is 58.6 Å². The van der Waals surface area contributed by atoms with Gasteiger partial charge in [0.15, 0.2) is 0 Å². The number of ketones is 1. The summed E-state index contributed by atoms with van der Waals surface area (Å²) in [7, 11) is 0. The van der Waals surface area contributed by atoms with Crippen molar-refractivity contribution in [2.45, 2.75) is 18.9 Å². The van der Waals surface area contributed by atoms with E-state index >= 15 is 0 Å². The molecule has 2 saturated heterocycles. The van der Waals surface area contributed by atoms with E-state index in [-0.39, 0.29) is 5.54 Å². The van der Waals surface area contributed by atoms with Crippen molar-refractivity contribution in [2.75, 3.05) is 44.4 Å². The third kappa shape index (κ3) is 3.82. The molecule has 0 spiro atoms. The molecule has 2 aliphatic rings. The van der Waals surface area contributed by atoms with Crippen LogP contribution < -0.4 is 5.32 Å². The molecule has 0 bridgehead atoms. The predicted molar refractivity (Wildman–Crippen MR) is 95.6 cm³/mol. The Morgan fingerprint density at radius 2 is 1.96 bits per heavy atom. The fraction of sp³-hybridized carbons (Fsp3) is 0.556. The summed E-state index contributed by atoms with van der Waals surface area (Å²) in [6.45, 7) is 5.74. The Bertz CT molecular complexity index is 591. The summed E-state index contributed by atoms with van der Waals surface area (Å²) in [5.41, 5.74) is 1.47. The number of rotatable bonds is 5. The van der Waals surface area contributed by atoms with Gasteiger partial charge in [0.05, 0.1) is 13.2 Å². The third-order valence-electron chi connectivity index (χ3n) is 4.86. The van der Waals surface area contributed by atoms with Crippen LogP contribution in [0.3, 0.4) is 0 Å². The molecular formula is C18H24N2O3S. The van der Waals surface area contributed by atoms with E-state index in [1.54, 1.807) is 12.1 Å². The minimum atomic E-state index is -0.511. The van der Waals surface area contributed by atoms with Gasteiger partial charge in [-0.25, -0.2) is 0 Å². The Morgan fingerprint density at radius 1 is 1.25 bits per heavy atom. The number of hydrogen-bond donors (Lipinski definition) is 1. The maximum absolute atomic E-state index is 12.3. The highest BCUT2D eigenvalue weighted by atomic mass is 32.2. The zero-order chi connectivity index (χ0) is 17.0. The largest absolute Gasteiger partial charge is 0.379 e. The molecule has 1 aromatic carbocycles. The number of Topliss-reactive ketones (excluding diaryl/α,β-unsaturated/α-hetero) is 1. The van der Waals surface area contributed by atoms with E-state index in [9.17, 15) is 9.59 Å². The molecule has 0 radical (unpaired) electrons. The molecule has 24 heavy (non-hydrogen) atoms. The molecular weight excluding hydrogens is 324 g/mol. The van der Waals surface area contributed by atoms with E-state index in [2.05, 4.69) is 10.2 Å². The number of carbonyl (C=O) groups is 2. The number of morpholine rings is 1. The van der Waals surface area contributed by atoms with Crippen molar-refractivity contribution >= 4 is 23.5 Å². The van der Waals surface area contributed by atoms with Crippen LogP contribution in [0.5, 0.6) is 0 Å². The molecule has 2 aliphatic heterocycles. The molecule has 2 heterocycles. The van der Waals surface area contributed by atoms with Crippen LogP contribution in [0.4, 0.5) is 0 Å². The summed E-state index contributed by atoms with van der Waals surface area (Å²) in [5, 5.41) is 2.89. The van der Waals surface area contributed by atoms with Gasteiger partial charge in [0.2, 0.25) is 5.78 Å². The van der Waals surface area contributed by atoms with Crippen LogP contribution in [0.25, 0.3) is 0 Å². The first-order valence-corrected chi connectivity index (χ1v) is 9.56. The molecule has 1 aromatic rings. The zero-order valence-corrected chi connectivity index (χ0v) is 14.9. The molecule has 2 fully saturated rings. The third-order valence-corrected chi connectivity index (χ3v) is 6.10. The van der Waals surface area contributed by atoms with Gasteiger partial charge in [0.1, 0.15) is 0 Å². The van der Waals surface area contributed by atoms with E-state index in [1.165, 1.54) is 0 Å². The summed E-state index contributed by atoms with van der Waals surface area (Å²) in [6, 6.07) is 7.12. The van der Waals surface area contributed by atoms with Crippen LogP contribution in [0.1, 0.15) is 22.3 Å². The van der Waals surface area contributed by atoms with E-state index in [0.717, 1.165) is 49.8 Å². The van der Waals surface area contributed by atoms with E-state index < -0.39 is 11.7 Å². The molecule has 6 heteroatoms. The average molecular weight is 348 g/mol. The molecule has 5 nitrogen and oxygen atoms in total. The molecule has 1 atom stereocenters. The van der Waals surface area contributed by atoms with Gasteiger partial charge in [-0.3, -0.25) is 14.5 Å². The Kier molecular flexibility index (Phi) is 5.58. The molecule has 0 aliphatic carbocycles. The SMILES string of the molecule is Cc1ccc(C(=O)C(=O)NC[C@@]2(N3CCOCC3)CCSC2)cc1. The molecule has 0 aromatic heterocycles. The quantitative estimate of drug-likeness (QED) is 0.646. The summed E-state index contributed by atoms with van der Waals surface area (Å²) in [5.74, 6) is 1.12. The lowest BCUT2D eigenvalue weighted by atomic mass is 9.95. The Morgan fingerprint density at radius 3 is 2.58 bits per heavy atom. The fourth-order valence-electron chi connectivity index (χ4n) is 3.30. The van der Waals surface area contributed by atoms with E-state index in [1.807, 2.05) is 30.8 Å². The molecule has 130 valence electrons. The first-order valence-electron chi connectivity index (χ1n) is 8.40. The van der Waals surface area contributed by atoms with Crippen molar-refractivity contribution < 1.29 is 14.3 Å². The van der Waals surface area contributed by atoms with Crippen LogP contribution in [0.2, 0.25) is 0 Å². The van der Waals surface area contributed by atoms with Gasteiger partial charge in [0, 0.05) is 36.5 Å². The van der Waals surface area contributed by atoms with Crippen LogP contribution in [0.15, 0.2) is 24.3 Å². The average Bonchev–Trinajstić information content (AvgIpc) is 3.11. The van der Waals surface area contributed by atoms with Gasteiger partial charge in [-0.1, -0.05) is 29.8 Å². The van der Waals surface area contributed by atoms with Crippen LogP contribution in [-0.2, 0) is 9.53 Å². The second-order valence-electron chi connectivity index (χ2n) is 6.50. The number of benzene rings is 1. The zero-order valence-electron chi connectivity index (χ0n) is 14.0. The number of aryl methyl sites for hydroxylation is 1. The maximum Gasteiger partial charge on any atom is 0.292 e. The summed E-state index contributed by atoms with van der Waals surface area (Å²) in [6.07, 6.45) is 1.04. The molecule has 0 saturated carbocycles. The Labute approximate surface area is 147 Å². The minimum absolute atomic E-state index is 0.0440. The lowest BCUT2D eigenvalue weighted by Crippen LogP contribution is -2.59. The van der Waals surface area contributed by atoms with Crippen LogP contribution >= 0.6 is 11.8 Å². The number of nitrogens with zero attached hydrogens (tertiary/aromatic N) is 1. The van der Waals surface area contributed by atoms with Crippen molar-refractivity contribution in [2.24, 2.45) is 0 Å². The van der Waals surface area contributed by atoms with Gasteiger partial charge < -0.3 is 10.1 Å². The normalized spacial score (nSPS) is 24.7. The monoisotopic (exact) mass is 348 g/mol. The van der Waals surface area contributed by atoms with E-state index in [4.69, 9.17) is 4.74 Å². The second kappa shape index (κ2) is 7.68. The summed E-state index contributed by atoms with van der Waals surface area (Å²) < 4.78 is 5.45. The molecule has 1 amide bonds. The van der Waals surface area contributed by atoms with Gasteiger partial charge in [-0.05, 0) is 19.1 Å². The molecule has 3 rings (SSSR count). The Balaban J connectivity index is 1.62. The first-order chi connectivity index (χ1) is 11.6. The van der Waals surface area contributed by atoms with Gasteiger partial charge in [-0.15, -0.1) is 0 Å². The standard InChI is InChI=1S/C18H24N2O3S/c1-14-2-4-15(5-3-14)16(21)17(22)19-12-18(6-11-24-13-18)20-7-9-23-10-8-20/h2-5H,6-13H2,1H3,(H,19,22)/t18-/m0/s1. The molecule has 1 N–H and O–H groups in total. The van der Waals surface area contributed by atoms with Crippen LogP contribution in [-0.4, -0.2) is 66.5 Å². The van der Waals surface area contributed by atoms with Crippen molar-refractivity contribution in [3.05, 3.63) is 35.4 Å². The number of thioether (sulfide) groups is 1. The van der Waals surface area contributed by atoms with E-state index in [0.29, 0.717) is 12.1 Å². The number of hydrogen-bond acceptors (Lipinski definition) is 5. The highest BCUT2D eigenvalue weighted by Gasteiger charge is 2.41. The highest BCUT2D eigenvalue weighted by molar-refractivity contribution is 7.99. The van der Waals surface area contributed by atoms with Gasteiger partial charge in [-0.2, -0.15) is 11.8 Å². The lowest BCUT2D eigenvalue weighted by molar-refractivity contribution is -0.117. The first kappa shape index (κ1) is 17.5. The van der Waals surface area contributed by atoms with Crippen molar-refractivity contribution in [3.63, 3.8) is 0 Å². The summed E-state index contributed by atoms with van der Waals surface area (Å²) in [4.78, 5) is 27.0. The smallest absolute Gasteiger partial charge is 0.292 e. The fourth-order valence-corrected chi connectivity index (χ4v) is 4.77. The lowest BCUT2D eigenvalue weighted by Gasteiger charge is -2.42. The summed E-state index contributed by atoms with van der Waals surface area (Å²) >= 11 is 1.91. The minimum Gasteiger partial charge on any atom is -0.379 e. The maximum atomic E-state index is 12.3. The van der Waals surface area contributed by atoms with Crippen molar-refractivity contribution in [1.82, 2.24) is 10.2 Å².